The van der Waals surface area contributed by atoms with Gasteiger partial charge in [0.25, 0.3) is 16.6 Å². The van der Waals surface area contributed by atoms with Crippen LogP contribution in [0, 0.1) is 40.4 Å². The molecule has 6 aromatic carbocycles. The van der Waals surface area contributed by atoms with Gasteiger partial charge in [-0.1, -0.05) is 207 Å². The number of hydrogen-bond acceptors (Lipinski definition) is 4. The highest BCUT2D eigenvalue weighted by Crippen LogP contribution is 2.68. The molecule has 3 saturated carbocycles. The molecule has 4 aliphatic rings. The third-order valence-corrected chi connectivity index (χ3v) is 24.9. The Hall–Kier alpha value is -5.16. The van der Waals surface area contributed by atoms with E-state index in [-0.39, 0.29) is 48.4 Å². The van der Waals surface area contributed by atoms with Crippen LogP contribution in [-0.4, -0.2) is 51.6 Å². The van der Waals surface area contributed by atoms with Crippen LogP contribution in [0.2, 0.25) is 0 Å². The summed E-state index contributed by atoms with van der Waals surface area (Å²) in [5.74, 6) is -0.0536. The van der Waals surface area contributed by atoms with E-state index in [0.717, 1.165) is 47.7 Å². The van der Waals surface area contributed by atoms with Crippen LogP contribution in [0.3, 0.4) is 0 Å². The monoisotopic (exact) mass is 894 g/mol. The molecule has 10 rings (SSSR count). The molecular formula is C58H62O5Si2. The Morgan fingerprint density at radius 2 is 1.00 bits per heavy atom. The van der Waals surface area contributed by atoms with Crippen LogP contribution in [-0.2, 0) is 13.6 Å². The van der Waals surface area contributed by atoms with Gasteiger partial charge in [0.2, 0.25) is 0 Å². The zero-order valence-electron chi connectivity index (χ0n) is 37.7. The zero-order chi connectivity index (χ0) is 44.7. The van der Waals surface area contributed by atoms with E-state index in [2.05, 4.69) is 202 Å². The first-order chi connectivity index (χ1) is 31.7. The highest BCUT2D eigenvalue weighted by Gasteiger charge is 2.65. The minimum absolute atomic E-state index is 0.00269. The second-order valence-corrected chi connectivity index (χ2v) is 26.5. The van der Waals surface area contributed by atoms with E-state index in [0.29, 0.717) is 18.3 Å². The lowest BCUT2D eigenvalue weighted by Gasteiger charge is -2.63. The summed E-state index contributed by atoms with van der Waals surface area (Å²) in [5.41, 5.74) is 0.497. The summed E-state index contributed by atoms with van der Waals surface area (Å²) >= 11 is 0. The van der Waals surface area contributed by atoms with Gasteiger partial charge >= 0.3 is 5.97 Å². The maximum absolute atomic E-state index is 13.1. The standard InChI is InChI=1S/C58H62O5Si2/c1-42-37-51-52-33-34-55(63-65(48-27-15-6-16-28-48,49-29-17-7-18-30-49)50-31-19-8-20-32-50)57(52,2)36-35-53(51)58(41-59)43(39-56(60)61)38-44(40-54(42)58)62-64(45-21-9-3-10-22-45,46-23-11-4-12-24-46)47-25-13-5-14-26-47/h3-32,40,42-44,51-53,55,59H,33-39,41H2,1-2H3,(H,60,61)/t42?,43?,44?,51-,52-,53+,55?,57-,58+/m0/s1. The van der Waals surface area contributed by atoms with Crippen molar-refractivity contribution in [1.82, 2.24) is 0 Å². The molecular weight excluding hydrogens is 833 g/mol. The molecule has 7 heteroatoms. The maximum Gasteiger partial charge on any atom is 0.303 e. The van der Waals surface area contributed by atoms with Gasteiger partial charge in [-0.05, 0) is 105 Å². The molecule has 2 N–H and O–H groups in total. The molecule has 5 nitrogen and oxygen atoms in total. The molecule has 0 saturated heterocycles. The summed E-state index contributed by atoms with van der Waals surface area (Å²) in [6.45, 7) is 4.80. The van der Waals surface area contributed by atoms with Crippen molar-refractivity contribution in [2.45, 2.75) is 71.0 Å². The van der Waals surface area contributed by atoms with E-state index in [1.165, 1.54) is 21.1 Å². The maximum atomic E-state index is 13.1. The van der Waals surface area contributed by atoms with Crippen molar-refractivity contribution >= 4 is 53.7 Å². The summed E-state index contributed by atoms with van der Waals surface area (Å²) in [4.78, 5) is 13.1. The smallest absolute Gasteiger partial charge is 0.303 e. The van der Waals surface area contributed by atoms with Gasteiger partial charge in [0.1, 0.15) is 0 Å². The summed E-state index contributed by atoms with van der Waals surface area (Å²) in [6, 6.07) is 64.8. The van der Waals surface area contributed by atoms with Gasteiger partial charge < -0.3 is 19.1 Å². The Morgan fingerprint density at radius 1 is 0.585 bits per heavy atom. The molecule has 332 valence electrons. The number of carboxylic acid groups (broad SMARTS) is 1. The molecule has 6 aromatic rings. The van der Waals surface area contributed by atoms with Crippen LogP contribution in [0.25, 0.3) is 0 Å². The quantitative estimate of drug-likeness (QED) is 0.0700. The number of carboxylic acids is 1. The topological polar surface area (TPSA) is 76.0 Å². The average molecular weight is 895 g/mol. The number of aliphatic carboxylic acids is 1. The van der Waals surface area contributed by atoms with E-state index < -0.39 is 28.0 Å². The van der Waals surface area contributed by atoms with Crippen molar-refractivity contribution in [3.63, 3.8) is 0 Å². The highest BCUT2D eigenvalue weighted by molar-refractivity contribution is 7.07. The normalized spacial score (nSPS) is 28.6. The van der Waals surface area contributed by atoms with Crippen molar-refractivity contribution in [3.05, 3.63) is 194 Å². The van der Waals surface area contributed by atoms with E-state index in [9.17, 15) is 15.0 Å². The Morgan fingerprint density at radius 3 is 1.40 bits per heavy atom. The third-order valence-electron chi connectivity index (χ3n) is 16.7. The minimum atomic E-state index is -3.12. The van der Waals surface area contributed by atoms with Crippen LogP contribution in [0.1, 0.15) is 58.8 Å². The largest absolute Gasteiger partial charge is 0.481 e. The van der Waals surface area contributed by atoms with Gasteiger partial charge in [-0.25, -0.2) is 0 Å². The molecule has 4 aliphatic carbocycles. The molecule has 9 atom stereocenters. The summed E-state index contributed by atoms with van der Waals surface area (Å²) in [7, 11) is -6.10. The SMILES string of the molecule is CC1C[C@@H]2[C@@H](CC[C@]3(C)C(O[Si](c4ccccc4)(c4ccccc4)c4ccccc4)CC[C@@H]23)[C@]2(CO)C1=CC(O[Si](c1ccccc1)(c1ccccc1)c1ccccc1)CC2CC(=O)O. The molecule has 0 radical (unpaired) electrons. The van der Waals surface area contributed by atoms with Gasteiger partial charge in [0, 0.05) is 11.8 Å². The molecule has 0 heterocycles. The van der Waals surface area contributed by atoms with E-state index in [1.807, 2.05) is 0 Å². The fourth-order valence-electron chi connectivity index (χ4n) is 14.0. The number of carbonyl (C=O) groups is 1. The van der Waals surface area contributed by atoms with E-state index >= 15 is 0 Å². The Kier molecular flexibility index (Phi) is 12.0. The first-order valence-corrected chi connectivity index (χ1v) is 27.8. The lowest BCUT2D eigenvalue weighted by molar-refractivity contribution is -0.146. The molecule has 0 aliphatic heterocycles. The minimum Gasteiger partial charge on any atom is -0.481 e. The van der Waals surface area contributed by atoms with Gasteiger partial charge in [0.15, 0.2) is 0 Å². The number of fused-ring (bicyclic) bond motifs is 5. The van der Waals surface area contributed by atoms with E-state index in [1.54, 1.807) is 0 Å². The number of aliphatic hydroxyl groups is 1. The number of rotatable bonds is 13. The summed E-state index contributed by atoms with van der Waals surface area (Å²) in [5, 5.41) is 30.1. The lowest BCUT2D eigenvalue weighted by Crippen LogP contribution is -2.71. The van der Waals surface area contributed by atoms with Gasteiger partial charge in [-0.3, -0.25) is 4.79 Å². The first-order valence-electron chi connectivity index (χ1n) is 24.0. The number of aliphatic hydroxyl groups excluding tert-OH is 1. The van der Waals surface area contributed by atoms with E-state index in [4.69, 9.17) is 8.85 Å². The Balaban J connectivity index is 1.03. The number of benzene rings is 6. The fourth-order valence-corrected chi connectivity index (χ4v) is 22.2. The molecule has 0 spiro atoms. The lowest BCUT2D eigenvalue weighted by atomic mass is 9.43. The van der Waals surface area contributed by atoms with Crippen molar-refractivity contribution in [3.8, 4) is 0 Å². The van der Waals surface area contributed by atoms with Crippen molar-refractivity contribution in [2.75, 3.05) is 6.61 Å². The van der Waals surface area contributed by atoms with Crippen molar-refractivity contribution < 1.29 is 23.9 Å². The molecule has 3 fully saturated rings. The summed E-state index contributed by atoms with van der Waals surface area (Å²) < 4.78 is 15.8. The second kappa shape index (κ2) is 17.9. The van der Waals surface area contributed by atoms with Gasteiger partial charge in [-0.15, -0.1) is 0 Å². The molecule has 65 heavy (non-hydrogen) atoms. The van der Waals surface area contributed by atoms with Crippen LogP contribution < -0.4 is 31.1 Å². The zero-order valence-corrected chi connectivity index (χ0v) is 39.7. The van der Waals surface area contributed by atoms with Crippen molar-refractivity contribution in [2.24, 2.45) is 40.4 Å². The van der Waals surface area contributed by atoms with Crippen LogP contribution in [0.5, 0.6) is 0 Å². The summed E-state index contributed by atoms with van der Waals surface area (Å²) in [6.07, 6.45) is 7.59. The molecule has 0 amide bonds. The van der Waals surface area contributed by atoms with Crippen LogP contribution in [0.15, 0.2) is 194 Å². The predicted octanol–water partition coefficient (Wildman–Crippen LogP) is 7.97. The van der Waals surface area contributed by atoms with Crippen LogP contribution >= 0.6 is 0 Å². The number of hydrogen-bond donors (Lipinski definition) is 2. The van der Waals surface area contributed by atoms with Gasteiger partial charge in [-0.2, -0.15) is 0 Å². The highest BCUT2D eigenvalue weighted by atomic mass is 28.4. The third kappa shape index (κ3) is 7.35. The first kappa shape index (κ1) is 43.7. The molecule has 4 unspecified atom stereocenters. The predicted molar refractivity (Wildman–Crippen MR) is 266 cm³/mol. The molecule has 0 bridgehead atoms. The Bertz CT molecular complexity index is 2380. The Labute approximate surface area is 387 Å². The average Bonchev–Trinajstić information content (AvgIpc) is 3.69. The van der Waals surface area contributed by atoms with Crippen LogP contribution in [0.4, 0.5) is 0 Å². The fraction of sp³-hybridized carbons (Fsp3) is 0.328. The van der Waals surface area contributed by atoms with Crippen molar-refractivity contribution in [1.29, 1.82) is 0 Å². The molecule has 0 aromatic heterocycles. The van der Waals surface area contributed by atoms with Gasteiger partial charge in [0.05, 0.1) is 18.8 Å². The second-order valence-electron chi connectivity index (χ2n) is 19.8.